The predicted molar refractivity (Wildman–Crippen MR) is 140 cm³/mol. The molecular formula is C27H29N7O3. The van der Waals surface area contributed by atoms with Gasteiger partial charge < -0.3 is 8.98 Å². The van der Waals surface area contributed by atoms with E-state index in [2.05, 4.69) is 25.5 Å². The Hall–Kier alpha value is -4.47. The standard InChI is InChI=1S/C27H29N7O3/c1-7-33-17(6)29-23-11-18(8-9-24(23)33)26(35)31-32-27(36)20-12-22(19-10-15(4)37-16(19)5)30-25-21(20)13-28-34(25)14(2)3/h8-14H,7H2,1-6H3,(H,31,35)(H,32,36). The lowest BCUT2D eigenvalue weighted by Crippen LogP contribution is -2.41. The number of aryl methyl sites for hydroxylation is 4. The highest BCUT2D eigenvalue weighted by Gasteiger charge is 2.21. The lowest BCUT2D eigenvalue weighted by molar-refractivity contribution is 0.0847. The Morgan fingerprint density at radius 1 is 1.03 bits per heavy atom. The van der Waals surface area contributed by atoms with E-state index in [-0.39, 0.29) is 6.04 Å². The number of carbonyl (C=O) groups excluding carboxylic acids is 2. The highest BCUT2D eigenvalue weighted by molar-refractivity contribution is 6.07. The van der Waals surface area contributed by atoms with Crippen LogP contribution in [0.15, 0.2) is 40.9 Å². The van der Waals surface area contributed by atoms with Gasteiger partial charge >= 0.3 is 0 Å². The molecule has 5 rings (SSSR count). The van der Waals surface area contributed by atoms with Crippen LogP contribution in [0.1, 0.15) is 64.9 Å². The summed E-state index contributed by atoms with van der Waals surface area (Å²) in [6, 6.07) is 8.92. The third-order valence-electron chi connectivity index (χ3n) is 6.42. The first-order valence-corrected chi connectivity index (χ1v) is 12.2. The van der Waals surface area contributed by atoms with Gasteiger partial charge in [0.25, 0.3) is 11.8 Å². The fraction of sp³-hybridized carbons (Fsp3) is 0.296. The van der Waals surface area contributed by atoms with Gasteiger partial charge in [-0.1, -0.05) is 0 Å². The van der Waals surface area contributed by atoms with E-state index in [9.17, 15) is 9.59 Å². The van der Waals surface area contributed by atoms with Gasteiger partial charge in [0, 0.05) is 23.7 Å². The summed E-state index contributed by atoms with van der Waals surface area (Å²) in [5.41, 5.74) is 9.47. The van der Waals surface area contributed by atoms with Gasteiger partial charge in [0.1, 0.15) is 17.3 Å². The predicted octanol–water partition coefficient (Wildman–Crippen LogP) is 4.64. The Bertz CT molecular complexity index is 1670. The molecule has 4 heterocycles. The van der Waals surface area contributed by atoms with Crippen LogP contribution in [0.4, 0.5) is 0 Å². The summed E-state index contributed by atoms with van der Waals surface area (Å²) in [6.07, 6.45) is 1.62. The lowest BCUT2D eigenvalue weighted by Gasteiger charge is -2.11. The average molecular weight is 500 g/mol. The molecule has 0 atom stereocenters. The molecule has 190 valence electrons. The Labute approximate surface area is 213 Å². The van der Waals surface area contributed by atoms with Gasteiger partial charge in [0.15, 0.2) is 5.65 Å². The fourth-order valence-corrected chi connectivity index (χ4v) is 4.65. The quantitative estimate of drug-likeness (QED) is 0.340. The van der Waals surface area contributed by atoms with Gasteiger partial charge in [-0.15, -0.1) is 0 Å². The van der Waals surface area contributed by atoms with Crippen molar-refractivity contribution in [3.63, 3.8) is 0 Å². The first kappa shape index (κ1) is 24.2. The minimum Gasteiger partial charge on any atom is -0.466 e. The monoisotopic (exact) mass is 499 g/mol. The SMILES string of the molecule is CCn1c(C)nc2cc(C(=O)NNC(=O)c3cc(-c4cc(C)oc4C)nc4c3cnn4C(C)C)ccc21. The smallest absolute Gasteiger partial charge is 0.270 e. The van der Waals surface area contributed by atoms with E-state index in [1.165, 1.54) is 0 Å². The molecule has 0 aliphatic heterocycles. The molecule has 37 heavy (non-hydrogen) atoms. The van der Waals surface area contributed by atoms with Crippen molar-refractivity contribution in [1.82, 2.24) is 35.2 Å². The van der Waals surface area contributed by atoms with E-state index in [1.807, 2.05) is 53.7 Å². The number of benzene rings is 1. The summed E-state index contributed by atoms with van der Waals surface area (Å²) >= 11 is 0. The lowest BCUT2D eigenvalue weighted by atomic mass is 10.1. The van der Waals surface area contributed by atoms with Crippen molar-refractivity contribution in [3.05, 3.63) is 65.0 Å². The molecule has 0 bridgehead atoms. The van der Waals surface area contributed by atoms with E-state index >= 15 is 0 Å². The van der Waals surface area contributed by atoms with E-state index in [1.54, 1.807) is 29.1 Å². The average Bonchev–Trinajstić information content (AvgIpc) is 3.54. The molecule has 1 aromatic carbocycles. The highest BCUT2D eigenvalue weighted by atomic mass is 16.3. The molecule has 0 unspecified atom stereocenters. The zero-order chi connectivity index (χ0) is 26.4. The number of rotatable bonds is 5. The van der Waals surface area contributed by atoms with Crippen molar-refractivity contribution in [2.75, 3.05) is 0 Å². The molecule has 10 nitrogen and oxygen atoms in total. The molecule has 0 saturated heterocycles. The number of amides is 2. The molecule has 4 aromatic heterocycles. The molecule has 0 aliphatic rings. The van der Waals surface area contributed by atoms with Crippen LogP contribution in [-0.4, -0.2) is 36.1 Å². The molecule has 0 aliphatic carbocycles. The van der Waals surface area contributed by atoms with Crippen molar-refractivity contribution in [2.24, 2.45) is 0 Å². The van der Waals surface area contributed by atoms with Gasteiger partial charge in [0.05, 0.1) is 33.9 Å². The third kappa shape index (κ3) is 4.24. The van der Waals surface area contributed by atoms with Gasteiger partial charge in [-0.25, -0.2) is 14.6 Å². The highest BCUT2D eigenvalue weighted by Crippen LogP contribution is 2.30. The molecule has 0 saturated carbocycles. The van der Waals surface area contributed by atoms with Crippen LogP contribution in [0.25, 0.3) is 33.3 Å². The van der Waals surface area contributed by atoms with Crippen molar-refractivity contribution in [1.29, 1.82) is 0 Å². The van der Waals surface area contributed by atoms with E-state index < -0.39 is 11.8 Å². The number of hydrogen-bond donors (Lipinski definition) is 2. The Morgan fingerprint density at radius 2 is 1.78 bits per heavy atom. The van der Waals surface area contributed by atoms with Gasteiger partial charge in [-0.05, 0) is 71.9 Å². The summed E-state index contributed by atoms with van der Waals surface area (Å²) in [5.74, 6) is 1.42. The molecular weight excluding hydrogens is 470 g/mol. The zero-order valence-corrected chi connectivity index (χ0v) is 21.7. The number of carbonyl (C=O) groups is 2. The Morgan fingerprint density at radius 3 is 2.46 bits per heavy atom. The second-order valence-corrected chi connectivity index (χ2v) is 9.32. The second kappa shape index (κ2) is 9.20. The van der Waals surface area contributed by atoms with Crippen LogP contribution in [0, 0.1) is 20.8 Å². The van der Waals surface area contributed by atoms with Gasteiger partial charge in [-0.3, -0.25) is 20.4 Å². The Balaban J connectivity index is 1.45. The number of nitrogens with one attached hydrogen (secondary N) is 2. The van der Waals surface area contributed by atoms with Gasteiger partial charge in [-0.2, -0.15) is 5.10 Å². The molecule has 2 N–H and O–H groups in total. The van der Waals surface area contributed by atoms with Crippen molar-refractivity contribution in [3.8, 4) is 11.3 Å². The number of pyridine rings is 1. The number of furan rings is 1. The van der Waals surface area contributed by atoms with Crippen molar-refractivity contribution in [2.45, 2.75) is 54.1 Å². The maximum atomic E-state index is 13.3. The third-order valence-corrected chi connectivity index (χ3v) is 6.42. The molecule has 10 heteroatoms. The molecule has 5 aromatic rings. The number of hydrazine groups is 1. The second-order valence-electron chi connectivity index (χ2n) is 9.32. The number of aromatic nitrogens is 5. The van der Waals surface area contributed by atoms with Crippen LogP contribution in [0.3, 0.4) is 0 Å². The minimum atomic E-state index is -0.477. The van der Waals surface area contributed by atoms with E-state index in [0.29, 0.717) is 33.6 Å². The van der Waals surface area contributed by atoms with Gasteiger partial charge in [0.2, 0.25) is 0 Å². The number of nitrogens with zero attached hydrogens (tertiary/aromatic N) is 5. The maximum absolute atomic E-state index is 13.3. The largest absolute Gasteiger partial charge is 0.466 e. The van der Waals surface area contributed by atoms with Crippen LogP contribution >= 0.6 is 0 Å². The van der Waals surface area contributed by atoms with Crippen molar-refractivity contribution >= 4 is 33.9 Å². The first-order valence-electron chi connectivity index (χ1n) is 12.2. The topological polar surface area (TPSA) is 120 Å². The summed E-state index contributed by atoms with van der Waals surface area (Å²) in [4.78, 5) is 35.5. The number of imidazole rings is 1. The van der Waals surface area contributed by atoms with Crippen molar-refractivity contribution < 1.29 is 14.0 Å². The minimum absolute atomic E-state index is 0.0396. The molecule has 0 radical (unpaired) electrons. The normalized spacial score (nSPS) is 11.5. The molecule has 0 fully saturated rings. The summed E-state index contributed by atoms with van der Waals surface area (Å²) in [6.45, 7) is 12.5. The number of fused-ring (bicyclic) bond motifs is 2. The summed E-state index contributed by atoms with van der Waals surface area (Å²) < 4.78 is 9.53. The first-order chi connectivity index (χ1) is 17.7. The van der Waals surface area contributed by atoms with Crippen LogP contribution in [0.2, 0.25) is 0 Å². The van der Waals surface area contributed by atoms with Crippen LogP contribution < -0.4 is 10.9 Å². The Kier molecular flexibility index (Phi) is 6.02. The number of hydrogen-bond acceptors (Lipinski definition) is 6. The summed E-state index contributed by atoms with van der Waals surface area (Å²) in [5, 5.41) is 5.03. The zero-order valence-electron chi connectivity index (χ0n) is 21.7. The van der Waals surface area contributed by atoms with Crippen LogP contribution in [0.5, 0.6) is 0 Å². The molecule has 0 spiro atoms. The van der Waals surface area contributed by atoms with Crippen LogP contribution in [-0.2, 0) is 6.54 Å². The summed E-state index contributed by atoms with van der Waals surface area (Å²) in [7, 11) is 0. The van der Waals surface area contributed by atoms with E-state index in [0.717, 1.165) is 34.7 Å². The molecule has 2 amide bonds. The van der Waals surface area contributed by atoms with E-state index in [4.69, 9.17) is 9.40 Å². The maximum Gasteiger partial charge on any atom is 0.270 e. The fourth-order valence-electron chi connectivity index (χ4n) is 4.65.